The van der Waals surface area contributed by atoms with Crippen LogP contribution in [0.2, 0.25) is 5.02 Å². The van der Waals surface area contributed by atoms with Gasteiger partial charge in [-0.1, -0.05) is 54.1 Å². The molecular formula is C27H21ClN2O4. The van der Waals surface area contributed by atoms with Gasteiger partial charge in [0.2, 0.25) is 0 Å². The summed E-state index contributed by atoms with van der Waals surface area (Å²) in [5, 5.41) is 6.34. The van der Waals surface area contributed by atoms with Gasteiger partial charge in [0.25, 0.3) is 5.91 Å². The molecule has 0 aliphatic carbocycles. The number of hydrogen-bond donors (Lipinski definition) is 1. The number of hydrogen-bond acceptors (Lipinski definition) is 5. The zero-order chi connectivity index (χ0) is 23.9. The van der Waals surface area contributed by atoms with E-state index in [1.165, 1.54) is 6.21 Å². The Morgan fingerprint density at radius 2 is 1.76 bits per heavy atom. The molecule has 1 N–H and O–H groups in total. The third kappa shape index (κ3) is 5.79. The molecule has 0 aromatic heterocycles. The predicted molar refractivity (Wildman–Crippen MR) is 133 cm³/mol. The summed E-state index contributed by atoms with van der Waals surface area (Å²) in [5.41, 5.74) is 4.40. The zero-order valence-corrected chi connectivity index (χ0v) is 19.1. The van der Waals surface area contributed by atoms with Gasteiger partial charge in [0.1, 0.15) is 11.5 Å². The second-order valence-electron chi connectivity index (χ2n) is 7.49. The lowest BCUT2D eigenvalue weighted by atomic mass is 10.0. The molecule has 0 spiro atoms. The number of amides is 1. The molecule has 170 valence electrons. The van der Waals surface area contributed by atoms with Crippen LogP contribution >= 0.6 is 11.6 Å². The van der Waals surface area contributed by atoms with Crippen LogP contribution in [0.4, 0.5) is 0 Å². The average molecular weight is 473 g/mol. The number of halogens is 1. The lowest BCUT2D eigenvalue weighted by molar-refractivity contribution is -0.123. The smallest absolute Gasteiger partial charge is 0.343 e. The largest absolute Gasteiger partial charge is 0.484 e. The van der Waals surface area contributed by atoms with Crippen molar-refractivity contribution in [3.05, 3.63) is 107 Å². The Morgan fingerprint density at radius 3 is 2.56 bits per heavy atom. The summed E-state index contributed by atoms with van der Waals surface area (Å²) < 4.78 is 11.1. The van der Waals surface area contributed by atoms with E-state index in [1.54, 1.807) is 36.4 Å². The molecule has 7 heteroatoms. The lowest BCUT2D eigenvalue weighted by Gasteiger charge is -2.11. The summed E-state index contributed by atoms with van der Waals surface area (Å²) in [6.45, 7) is 1.76. The molecule has 0 heterocycles. The summed E-state index contributed by atoms with van der Waals surface area (Å²) in [4.78, 5) is 24.8. The number of hydrazone groups is 1. The molecule has 0 atom stereocenters. The Labute approximate surface area is 201 Å². The van der Waals surface area contributed by atoms with Crippen LogP contribution < -0.4 is 14.9 Å². The zero-order valence-electron chi connectivity index (χ0n) is 18.3. The highest BCUT2D eigenvalue weighted by molar-refractivity contribution is 6.30. The lowest BCUT2D eigenvalue weighted by Crippen LogP contribution is -2.24. The third-order valence-corrected chi connectivity index (χ3v) is 5.21. The van der Waals surface area contributed by atoms with Gasteiger partial charge in [0.05, 0.1) is 11.8 Å². The fourth-order valence-corrected chi connectivity index (χ4v) is 3.42. The Balaban J connectivity index is 1.50. The first-order valence-corrected chi connectivity index (χ1v) is 10.9. The van der Waals surface area contributed by atoms with Crippen LogP contribution in [0.15, 0.2) is 90.0 Å². The topological polar surface area (TPSA) is 77.0 Å². The number of carbonyl (C=O) groups excluding carboxylic acids is 2. The van der Waals surface area contributed by atoms with Crippen LogP contribution in [0.1, 0.15) is 21.5 Å². The summed E-state index contributed by atoms with van der Waals surface area (Å²) >= 11 is 5.90. The second-order valence-corrected chi connectivity index (χ2v) is 7.93. The van der Waals surface area contributed by atoms with E-state index < -0.39 is 11.9 Å². The normalized spacial score (nSPS) is 10.9. The Morgan fingerprint density at radius 1 is 0.971 bits per heavy atom. The van der Waals surface area contributed by atoms with Gasteiger partial charge in [-0.3, -0.25) is 4.79 Å². The van der Waals surface area contributed by atoms with Crippen LogP contribution in [0.5, 0.6) is 11.5 Å². The van der Waals surface area contributed by atoms with Gasteiger partial charge in [-0.05, 0) is 65.7 Å². The number of esters is 1. The number of fused-ring (bicyclic) bond motifs is 1. The van der Waals surface area contributed by atoms with Crippen molar-refractivity contribution in [2.24, 2.45) is 5.10 Å². The maximum atomic E-state index is 12.6. The Kier molecular flexibility index (Phi) is 7.20. The van der Waals surface area contributed by atoms with Gasteiger partial charge < -0.3 is 9.47 Å². The van der Waals surface area contributed by atoms with Crippen molar-refractivity contribution in [1.29, 1.82) is 0 Å². The maximum absolute atomic E-state index is 12.6. The molecule has 4 rings (SSSR count). The van der Waals surface area contributed by atoms with E-state index in [1.807, 2.05) is 55.5 Å². The van der Waals surface area contributed by atoms with E-state index in [9.17, 15) is 9.59 Å². The molecular weight excluding hydrogens is 452 g/mol. The first kappa shape index (κ1) is 23.0. The summed E-state index contributed by atoms with van der Waals surface area (Å²) in [6.07, 6.45) is 1.46. The number of carbonyl (C=O) groups is 2. The second kappa shape index (κ2) is 10.6. The molecule has 34 heavy (non-hydrogen) atoms. The number of nitrogens with zero attached hydrogens (tertiary/aromatic N) is 1. The number of benzene rings is 4. The van der Waals surface area contributed by atoms with E-state index in [0.717, 1.165) is 16.3 Å². The van der Waals surface area contributed by atoms with Crippen LogP contribution in [-0.4, -0.2) is 24.7 Å². The van der Waals surface area contributed by atoms with Gasteiger partial charge in [-0.2, -0.15) is 5.10 Å². The third-order valence-electron chi connectivity index (χ3n) is 4.96. The Hall–Kier alpha value is -4.16. The highest BCUT2D eigenvalue weighted by Crippen LogP contribution is 2.27. The summed E-state index contributed by atoms with van der Waals surface area (Å²) in [7, 11) is 0. The fraction of sp³-hybridized carbons (Fsp3) is 0.0741. The summed E-state index contributed by atoms with van der Waals surface area (Å²) in [5.74, 6) is -0.0351. The first-order valence-electron chi connectivity index (χ1n) is 10.5. The maximum Gasteiger partial charge on any atom is 0.343 e. The van der Waals surface area contributed by atoms with Crippen molar-refractivity contribution < 1.29 is 19.1 Å². The molecule has 0 aliphatic heterocycles. The van der Waals surface area contributed by atoms with Crippen molar-refractivity contribution in [2.75, 3.05) is 6.61 Å². The van der Waals surface area contributed by atoms with Gasteiger partial charge in [-0.15, -0.1) is 0 Å². The molecule has 0 saturated carbocycles. The van der Waals surface area contributed by atoms with Crippen LogP contribution in [0, 0.1) is 6.92 Å². The van der Waals surface area contributed by atoms with Crippen molar-refractivity contribution in [1.82, 2.24) is 5.43 Å². The standard InChI is InChI=1S/C27H21ClN2O4/c1-18-5-4-7-22(15-18)33-17-26(31)30-29-16-24-23-8-3-2-6-19(23)11-14-25(24)34-27(32)20-9-12-21(28)13-10-20/h2-16H,17H2,1H3,(H,30,31)/b29-16+. The number of ether oxygens (including phenoxy) is 2. The SMILES string of the molecule is Cc1cccc(OCC(=O)N/N=C/c2c(OC(=O)c3ccc(Cl)cc3)ccc3ccccc23)c1. The first-order chi connectivity index (χ1) is 16.5. The molecule has 4 aromatic rings. The Bertz CT molecular complexity index is 1370. The van der Waals surface area contributed by atoms with Gasteiger partial charge in [-0.25, -0.2) is 10.2 Å². The van der Waals surface area contributed by atoms with E-state index in [2.05, 4.69) is 10.5 Å². The molecule has 0 saturated heterocycles. The highest BCUT2D eigenvalue weighted by Gasteiger charge is 2.14. The number of aryl methyl sites for hydroxylation is 1. The predicted octanol–water partition coefficient (Wildman–Crippen LogP) is 5.55. The van der Waals surface area contributed by atoms with E-state index in [0.29, 0.717) is 27.6 Å². The fourth-order valence-electron chi connectivity index (χ4n) is 3.30. The minimum atomic E-state index is -0.530. The molecule has 1 amide bonds. The monoisotopic (exact) mass is 472 g/mol. The molecule has 0 unspecified atom stereocenters. The quantitative estimate of drug-likeness (QED) is 0.165. The van der Waals surface area contributed by atoms with Crippen molar-refractivity contribution >= 4 is 40.5 Å². The van der Waals surface area contributed by atoms with Crippen LogP contribution in [0.3, 0.4) is 0 Å². The highest BCUT2D eigenvalue weighted by atomic mass is 35.5. The number of rotatable bonds is 7. The molecule has 0 fully saturated rings. The van der Waals surface area contributed by atoms with E-state index >= 15 is 0 Å². The van der Waals surface area contributed by atoms with E-state index in [4.69, 9.17) is 21.1 Å². The molecule has 0 radical (unpaired) electrons. The van der Waals surface area contributed by atoms with Crippen molar-refractivity contribution in [2.45, 2.75) is 6.92 Å². The summed E-state index contributed by atoms with van der Waals surface area (Å²) in [6, 6.07) is 25.0. The van der Waals surface area contributed by atoms with Crippen molar-refractivity contribution in [3.63, 3.8) is 0 Å². The number of nitrogens with one attached hydrogen (secondary N) is 1. The minimum absolute atomic E-state index is 0.186. The van der Waals surface area contributed by atoms with Crippen LogP contribution in [-0.2, 0) is 4.79 Å². The van der Waals surface area contributed by atoms with Crippen LogP contribution in [0.25, 0.3) is 10.8 Å². The molecule has 0 aliphatic rings. The average Bonchev–Trinajstić information content (AvgIpc) is 2.84. The van der Waals surface area contributed by atoms with Gasteiger partial charge in [0.15, 0.2) is 6.61 Å². The van der Waals surface area contributed by atoms with Gasteiger partial charge >= 0.3 is 5.97 Å². The molecule has 0 bridgehead atoms. The van der Waals surface area contributed by atoms with E-state index in [-0.39, 0.29) is 6.61 Å². The molecule has 4 aromatic carbocycles. The molecule has 6 nitrogen and oxygen atoms in total. The van der Waals surface area contributed by atoms with Gasteiger partial charge in [0, 0.05) is 10.6 Å². The van der Waals surface area contributed by atoms with Crippen molar-refractivity contribution in [3.8, 4) is 11.5 Å². The minimum Gasteiger partial charge on any atom is -0.484 e.